The third-order valence-corrected chi connectivity index (χ3v) is 6.87. The van der Waals surface area contributed by atoms with Crippen LogP contribution >= 0.6 is 0 Å². The Morgan fingerprint density at radius 3 is 2.69 bits per heavy atom. The summed E-state index contributed by atoms with van der Waals surface area (Å²) >= 11 is 0. The van der Waals surface area contributed by atoms with Gasteiger partial charge in [0.1, 0.15) is 5.82 Å². The first-order valence-corrected chi connectivity index (χ1v) is 12.6. The van der Waals surface area contributed by atoms with Gasteiger partial charge in [-0.05, 0) is 85.0 Å². The number of hydrogen-bond acceptors (Lipinski definition) is 3. The molecule has 4 aromatic rings. The van der Waals surface area contributed by atoms with E-state index in [0.29, 0.717) is 29.5 Å². The van der Waals surface area contributed by atoms with Gasteiger partial charge in [0.2, 0.25) is 0 Å². The van der Waals surface area contributed by atoms with Crippen molar-refractivity contribution in [1.82, 2.24) is 15.3 Å². The first kappa shape index (κ1) is 25.1. The molecule has 1 aliphatic carbocycles. The Kier molecular flexibility index (Phi) is 8.12. The van der Waals surface area contributed by atoms with Crippen LogP contribution in [0.15, 0.2) is 67.1 Å². The zero-order valence-electron chi connectivity index (χ0n) is 20.7. The number of carbonyl (C=O) groups is 1. The largest absolute Gasteiger partial charge is 0.366 e. The summed E-state index contributed by atoms with van der Waals surface area (Å²) < 4.78 is 13.8. The number of nitrogens with one attached hydrogen (secondary N) is 2. The second kappa shape index (κ2) is 11.6. The lowest BCUT2D eigenvalue weighted by atomic mass is 9.78. The number of aromatic nitrogens is 2. The SMILES string of the molecule is CC.N#Cc1cccc(-c2c[nH]cc2C(=O)NCC2CCC(c3ccnc4ccc(F)cc34)CC2)c1. The highest BCUT2D eigenvalue weighted by Gasteiger charge is 2.25. The van der Waals surface area contributed by atoms with E-state index in [2.05, 4.69) is 21.4 Å². The van der Waals surface area contributed by atoms with Gasteiger partial charge in [-0.25, -0.2) is 4.39 Å². The number of H-pyrrole nitrogens is 1. The highest BCUT2D eigenvalue weighted by atomic mass is 19.1. The predicted octanol–water partition coefficient (Wildman–Crippen LogP) is 6.97. The van der Waals surface area contributed by atoms with E-state index in [-0.39, 0.29) is 11.7 Å². The standard InChI is InChI=1S/C28H25FN4O.C2H6/c29-22-8-9-27-24(13-22)23(10-11-32-27)20-6-4-18(5-7-20)15-33-28(34)26-17-31-16-25(26)21-3-1-2-19(12-21)14-30;1-2/h1-3,8-13,16-18,20,31H,4-7,15H2,(H,33,34);1-2H3. The van der Waals surface area contributed by atoms with E-state index >= 15 is 0 Å². The lowest BCUT2D eigenvalue weighted by Gasteiger charge is -2.29. The van der Waals surface area contributed by atoms with Crippen molar-refractivity contribution < 1.29 is 9.18 Å². The number of halogens is 1. The second-order valence-electron chi connectivity index (χ2n) is 8.96. The van der Waals surface area contributed by atoms with Crippen LogP contribution in [0.4, 0.5) is 4.39 Å². The molecule has 0 unspecified atom stereocenters. The molecule has 2 heterocycles. The van der Waals surface area contributed by atoms with Crippen LogP contribution in [0.3, 0.4) is 0 Å². The van der Waals surface area contributed by atoms with Crippen molar-refractivity contribution in [3.63, 3.8) is 0 Å². The molecule has 2 N–H and O–H groups in total. The van der Waals surface area contributed by atoms with E-state index in [0.717, 1.165) is 47.7 Å². The average molecular weight is 483 g/mol. The highest BCUT2D eigenvalue weighted by molar-refractivity contribution is 6.00. The molecule has 1 aliphatic rings. The Bertz CT molecular complexity index is 1380. The fourth-order valence-corrected chi connectivity index (χ4v) is 5.05. The normalized spacial score (nSPS) is 17.1. The van der Waals surface area contributed by atoms with Crippen molar-refractivity contribution in [2.45, 2.75) is 45.4 Å². The van der Waals surface area contributed by atoms with E-state index in [1.807, 2.05) is 38.2 Å². The van der Waals surface area contributed by atoms with Crippen LogP contribution < -0.4 is 5.32 Å². The number of nitrogens with zero attached hydrogens (tertiary/aromatic N) is 2. The highest BCUT2D eigenvalue weighted by Crippen LogP contribution is 2.38. The zero-order chi connectivity index (χ0) is 25.5. The van der Waals surface area contributed by atoms with Gasteiger partial charge in [-0.3, -0.25) is 9.78 Å². The molecule has 5 nitrogen and oxygen atoms in total. The molecule has 184 valence electrons. The molecule has 0 radical (unpaired) electrons. The summed E-state index contributed by atoms with van der Waals surface area (Å²) in [4.78, 5) is 20.3. The summed E-state index contributed by atoms with van der Waals surface area (Å²) in [5.74, 6) is 0.440. The van der Waals surface area contributed by atoms with Gasteiger partial charge in [0, 0.05) is 36.1 Å². The van der Waals surface area contributed by atoms with Gasteiger partial charge < -0.3 is 10.3 Å². The molecular formula is C30H31FN4O. The lowest BCUT2D eigenvalue weighted by molar-refractivity contribution is 0.0943. The molecule has 36 heavy (non-hydrogen) atoms. The third kappa shape index (κ3) is 5.46. The summed E-state index contributed by atoms with van der Waals surface area (Å²) in [7, 11) is 0. The maximum atomic E-state index is 13.8. The Morgan fingerprint density at radius 1 is 1.11 bits per heavy atom. The molecule has 0 aliphatic heterocycles. The van der Waals surface area contributed by atoms with Crippen molar-refractivity contribution >= 4 is 16.8 Å². The number of fused-ring (bicyclic) bond motifs is 1. The van der Waals surface area contributed by atoms with Crippen molar-refractivity contribution in [3.05, 3.63) is 89.6 Å². The van der Waals surface area contributed by atoms with Crippen LogP contribution in [-0.2, 0) is 0 Å². The molecule has 2 aromatic heterocycles. The zero-order valence-corrected chi connectivity index (χ0v) is 20.7. The van der Waals surface area contributed by atoms with E-state index in [9.17, 15) is 9.18 Å². The van der Waals surface area contributed by atoms with Crippen molar-refractivity contribution in [1.29, 1.82) is 5.26 Å². The molecule has 0 bridgehead atoms. The molecule has 0 saturated heterocycles. The number of carbonyl (C=O) groups excluding carboxylic acids is 1. The van der Waals surface area contributed by atoms with Crippen LogP contribution in [0, 0.1) is 23.1 Å². The van der Waals surface area contributed by atoms with Crippen molar-refractivity contribution in [3.8, 4) is 17.2 Å². The van der Waals surface area contributed by atoms with E-state index in [1.54, 1.807) is 36.7 Å². The number of amides is 1. The summed E-state index contributed by atoms with van der Waals surface area (Å²) in [6.07, 6.45) is 9.33. The maximum absolute atomic E-state index is 13.8. The quantitative estimate of drug-likeness (QED) is 0.322. The number of aromatic amines is 1. The molecule has 2 aromatic carbocycles. The van der Waals surface area contributed by atoms with E-state index < -0.39 is 0 Å². The monoisotopic (exact) mass is 482 g/mol. The van der Waals surface area contributed by atoms with Crippen molar-refractivity contribution in [2.75, 3.05) is 6.54 Å². The van der Waals surface area contributed by atoms with Crippen LogP contribution in [-0.4, -0.2) is 22.4 Å². The summed E-state index contributed by atoms with van der Waals surface area (Å²) in [6.45, 7) is 4.63. The molecule has 5 rings (SSSR count). The topological polar surface area (TPSA) is 81.6 Å². The Hall–Kier alpha value is -3.98. The smallest absolute Gasteiger partial charge is 0.253 e. The Morgan fingerprint density at radius 2 is 1.92 bits per heavy atom. The first-order chi connectivity index (χ1) is 17.6. The maximum Gasteiger partial charge on any atom is 0.253 e. The van der Waals surface area contributed by atoms with Crippen LogP contribution in [0.2, 0.25) is 0 Å². The minimum atomic E-state index is -0.235. The Labute approximate surface area is 211 Å². The number of nitriles is 1. The van der Waals surface area contributed by atoms with E-state index in [1.165, 1.54) is 11.6 Å². The predicted molar refractivity (Wildman–Crippen MR) is 141 cm³/mol. The Balaban J connectivity index is 0.00000148. The van der Waals surface area contributed by atoms with Gasteiger partial charge in [0.25, 0.3) is 5.91 Å². The summed E-state index contributed by atoms with van der Waals surface area (Å²) in [6, 6.07) is 16.2. The minimum Gasteiger partial charge on any atom is -0.366 e. The number of benzene rings is 2. The van der Waals surface area contributed by atoms with E-state index in [4.69, 9.17) is 5.26 Å². The summed E-state index contributed by atoms with van der Waals surface area (Å²) in [5.41, 5.74) is 4.77. The molecule has 1 fully saturated rings. The lowest BCUT2D eigenvalue weighted by Crippen LogP contribution is -2.31. The first-order valence-electron chi connectivity index (χ1n) is 12.6. The molecule has 6 heteroatoms. The molecule has 0 spiro atoms. The van der Waals surface area contributed by atoms with Crippen LogP contribution in [0.5, 0.6) is 0 Å². The number of rotatable bonds is 5. The van der Waals surface area contributed by atoms with Gasteiger partial charge in [0.15, 0.2) is 0 Å². The fraction of sp³-hybridized carbons (Fsp3) is 0.300. The van der Waals surface area contributed by atoms with Gasteiger partial charge in [-0.15, -0.1) is 0 Å². The van der Waals surface area contributed by atoms with Gasteiger partial charge in [-0.2, -0.15) is 5.26 Å². The minimum absolute atomic E-state index is 0.115. The number of hydrogen-bond donors (Lipinski definition) is 2. The molecular weight excluding hydrogens is 451 g/mol. The second-order valence-corrected chi connectivity index (χ2v) is 8.96. The van der Waals surface area contributed by atoms with Crippen LogP contribution in [0.1, 0.15) is 66.9 Å². The molecule has 1 amide bonds. The van der Waals surface area contributed by atoms with Gasteiger partial charge in [0.05, 0.1) is 22.7 Å². The van der Waals surface area contributed by atoms with Gasteiger partial charge in [-0.1, -0.05) is 26.0 Å². The van der Waals surface area contributed by atoms with Gasteiger partial charge >= 0.3 is 0 Å². The van der Waals surface area contributed by atoms with Crippen molar-refractivity contribution in [2.24, 2.45) is 5.92 Å². The fourth-order valence-electron chi connectivity index (χ4n) is 5.05. The summed E-state index contributed by atoms with van der Waals surface area (Å²) in [5, 5.41) is 13.2. The third-order valence-electron chi connectivity index (χ3n) is 6.87. The number of pyridine rings is 1. The molecule has 1 saturated carbocycles. The van der Waals surface area contributed by atoms with Crippen LogP contribution in [0.25, 0.3) is 22.0 Å². The molecule has 0 atom stereocenters. The average Bonchev–Trinajstić information content (AvgIpc) is 3.43.